The maximum Gasteiger partial charge on any atom is 0.235 e. The molecular formula is C13H16N2O3S2. The van der Waals surface area contributed by atoms with E-state index in [1.807, 2.05) is 17.5 Å². The fourth-order valence-corrected chi connectivity index (χ4v) is 3.25. The highest BCUT2D eigenvalue weighted by Crippen LogP contribution is 2.10. The Hall–Kier alpha value is -1.47. The van der Waals surface area contributed by atoms with Gasteiger partial charge in [-0.25, -0.2) is 0 Å². The molecule has 0 aliphatic rings. The van der Waals surface area contributed by atoms with Crippen LogP contribution in [0.15, 0.2) is 28.1 Å². The number of aromatic nitrogens is 1. The molecule has 0 aliphatic carbocycles. The molecular weight excluding hydrogens is 296 g/mol. The Morgan fingerprint density at radius 2 is 2.40 bits per heavy atom. The SMILES string of the molecule is Cc1cc(C[S@@](=O)[C@@H](C)C(=O)NCc2cccs2)no1. The molecule has 0 bridgehead atoms. The maximum atomic E-state index is 12.1. The molecule has 1 N–H and O–H groups in total. The first-order valence-electron chi connectivity index (χ1n) is 6.15. The molecule has 5 nitrogen and oxygen atoms in total. The van der Waals surface area contributed by atoms with Crippen molar-refractivity contribution in [2.45, 2.75) is 31.4 Å². The van der Waals surface area contributed by atoms with Gasteiger partial charge in [-0.15, -0.1) is 11.3 Å². The lowest BCUT2D eigenvalue weighted by atomic mass is 10.4. The van der Waals surface area contributed by atoms with Gasteiger partial charge in [0, 0.05) is 21.7 Å². The lowest BCUT2D eigenvalue weighted by Crippen LogP contribution is -2.35. The second kappa shape index (κ2) is 6.81. The summed E-state index contributed by atoms with van der Waals surface area (Å²) >= 11 is 1.58. The Bertz CT molecular complexity index is 593. The molecule has 2 atom stereocenters. The molecule has 2 aromatic heterocycles. The van der Waals surface area contributed by atoms with E-state index in [1.165, 1.54) is 0 Å². The van der Waals surface area contributed by atoms with Crippen molar-refractivity contribution in [3.63, 3.8) is 0 Å². The topological polar surface area (TPSA) is 72.2 Å². The summed E-state index contributed by atoms with van der Waals surface area (Å²) < 4.78 is 17.0. The van der Waals surface area contributed by atoms with Crippen molar-refractivity contribution < 1.29 is 13.5 Å². The van der Waals surface area contributed by atoms with Crippen molar-refractivity contribution in [1.29, 1.82) is 0 Å². The Morgan fingerprint density at radius 1 is 1.60 bits per heavy atom. The summed E-state index contributed by atoms with van der Waals surface area (Å²) in [7, 11) is -1.31. The summed E-state index contributed by atoms with van der Waals surface area (Å²) in [5, 5.41) is 7.95. The van der Waals surface area contributed by atoms with E-state index >= 15 is 0 Å². The zero-order valence-corrected chi connectivity index (χ0v) is 12.9. The van der Waals surface area contributed by atoms with Crippen molar-refractivity contribution in [1.82, 2.24) is 10.5 Å². The monoisotopic (exact) mass is 312 g/mol. The van der Waals surface area contributed by atoms with Gasteiger partial charge in [-0.05, 0) is 25.3 Å². The van der Waals surface area contributed by atoms with Crippen molar-refractivity contribution in [2.75, 3.05) is 0 Å². The lowest BCUT2D eigenvalue weighted by Gasteiger charge is -2.10. The van der Waals surface area contributed by atoms with Crippen molar-refractivity contribution >= 4 is 28.0 Å². The normalized spacial score (nSPS) is 13.9. The van der Waals surface area contributed by atoms with Crippen LogP contribution in [-0.2, 0) is 27.9 Å². The number of thiophene rings is 1. The molecule has 2 aromatic rings. The molecule has 0 saturated carbocycles. The molecule has 108 valence electrons. The van der Waals surface area contributed by atoms with Crippen LogP contribution in [0.5, 0.6) is 0 Å². The number of rotatable bonds is 6. The molecule has 0 aliphatic heterocycles. The molecule has 0 unspecified atom stereocenters. The van der Waals surface area contributed by atoms with Crippen molar-refractivity contribution in [2.24, 2.45) is 0 Å². The minimum absolute atomic E-state index is 0.211. The fourth-order valence-electron chi connectivity index (χ4n) is 1.61. The number of nitrogens with one attached hydrogen (secondary N) is 1. The van der Waals surface area contributed by atoms with Crippen LogP contribution in [0, 0.1) is 6.92 Å². The van der Waals surface area contributed by atoms with Gasteiger partial charge in [0.25, 0.3) is 0 Å². The minimum Gasteiger partial charge on any atom is -0.361 e. The van der Waals surface area contributed by atoms with E-state index < -0.39 is 16.0 Å². The molecule has 20 heavy (non-hydrogen) atoms. The molecule has 0 aromatic carbocycles. The van der Waals surface area contributed by atoms with E-state index in [9.17, 15) is 9.00 Å². The highest BCUT2D eigenvalue weighted by molar-refractivity contribution is 7.85. The number of amides is 1. The van der Waals surface area contributed by atoms with Gasteiger partial charge in [-0.1, -0.05) is 11.2 Å². The largest absolute Gasteiger partial charge is 0.361 e. The predicted molar refractivity (Wildman–Crippen MR) is 78.7 cm³/mol. The summed E-state index contributed by atoms with van der Waals surface area (Å²) in [6, 6.07) is 5.61. The highest BCUT2D eigenvalue weighted by Gasteiger charge is 2.21. The second-order valence-corrected chi connectivity index (χ2v) is 7.18. The summed E-state index contributed by atoms with van der Waals surface area (Å²) in [5.41, 5.74) is 0.610. The molecule has 0 spiro atoms. The van der Waals surface area contributed by atoms with Gasteiger partial charge in [0.05, 0.1) is 18.0 Å². The van der Waals surface area contributed by atoms with Gasteiger partial charge >= 0.3 is 0 Å². The number of nitrogens with zero attached hydrogens (tertiary/aromatic N) is 1. The van der Waals surface area contributed by atoms with Crippen LogP contribution >= 0.6 is 11.3 Å². The van der Waals surface area contributed by atoms with Crippen LogP contribution in [0.25, 0.3) is 0 Å². The third-order valence-electron chi connectivity index (χ3n) is 2.75. The molecule has 0 radical (unpaired) electrons. The van der Waals surface area contributed by atoms with E-state index in [0.717, 1.165) is 4.88 Å². The molecule has 0 saturated heterocycles. The van der Waals surface area contributed by atoms with Crippen LogP contribution in [0.4, 0.5) is 0 Å². The lowest BCUT2D eigenvalue weighted by molar-refractivity contribution is -0.120. The molecule has 2 rings (SSSR count). The summed E-state index contributed by atoms with van der Waals surface area (Å²) in [5.74, 6) is 0.689. The van der Waals surface area contributed by atoms with Crippen LogP contribution in [0.1, 0.15) is 23.3 Å². The summed E-state index contributed by atoms with van der Waals surface area (Å²) in [6.45, 7) is 3.91. The van der Waals surface area contributed by atoms with Crippen molar-refractivity contribution in [3.05, 3.63) is 39.9 Å². The third-order valence-corrected chi connectivity index (χ3v) is 5.21. The van der Waals surface area contributed by atoms with Crippen LogP contribution in [0.3, 0.4) is 0 Å². The van der Waals surface area contributed by atoms with E-state index in [4.69, 9.17) is 4.52 Å². The van der Waals surface area contributed by atoms with E-state index in [0.29, 0.717) is 18.0 Å². The van der Waals surface area contributed by atoms with Gasteiger partial charge < -0.3 is 9.84 Å². The number of carbonyl (C=O) groups is 1. The minimum atomic E-state index is -1.31. The first-order chi connectivity index (χ1) is 9.56. The van der Waals surface area contributed by atoms with Gasteiger partial charge in [-0.2, -0.15) is 0 Å². The quantitative estimate of drug-likeness (QED) is 0.885. The van der Waals surface area contributed by atoms with Crippen LogP contribution in [-0.4, -0.2) is 20.5 Å². The first-order valence-corrected chi connectivity index (χ1v) is 8.42. The van der Waals surface area contributed by atoms with Crippen molar-refractivity contribution in [3.8, 4) is 0 Å². The van der Waals surface area contributed by atoms with Gasteiger partial charge in [0.15, 0.2) is 0 Å². The zero-order valence-electron chi connectivity index (χ0n) is 11.3. The Balaban J connectivity index is 1.84. The van der Waals surface area contributed by atoms with Gasteiger partial charge in [0.2, 0.25) is 5.91 Å². The number of hydrogen-bond donors (Lipinski definition) is 1. The highest BCUT2D eigenvalue weighted by atomic mass is 32.2. The van der Waals surface area contributed by atoms with E-state index in [2.05, 4.69) is 10.5 Å². The molecule has 7 heteroatoms. The molecule has 0 fully saturated rings. The average molecular weight is 312 g/mol. The number of carbonyl (C=O) groups excluding carboxylic acids is 1. The van der Waals surface area contributed by atoms with Crippen LogP contribution in [0.2, 0.25) is 0 Å². The Morgan fingerprint density at radius 3 is 3.00 bits per heavy atom. The van der Waals surface area contributed by atoms with Crippen LogP contribution < -0.4 is 5.32 Å². The molecule has 2 heterocycles. The standard InChI is InChI=1S/C13H16N2O3S2/c1-9-6-11(15-18-9)8-20(17)10(2)13(16)14-7-12-4-3-5-19-12/h3-6,10H,7-8H2,1-2H3,(H,14,16)/t10-,20+/m0/s1. The predicted octanol–water partition coefficient (Wildman–Crippen LogP) is 2.00. The van der Waals surface area contributed by atoms with Gasteiger partial charge in [-0.3, -0.25) is 9.00 Å². The van der Waals surface area contributed by atoms with E-state index in [1.54, 1.807) is 31.3 Å². The summed E-state index contributed by atoms with van der Waals surface area (Å²) in [4.78, 5) is 13.0. The maximum absolute atomic E-state index is 12.1. The number of hydrogen-bond acceptors (Lipinski definition) is 5. The number of aryl methyl sites for hydroxylation is 1. The van der Waals surface area contributed by atoms with Gasteiger partial charge in [0.1, 0.15) is 11.0 Å². The molecule has 1 amide bonds. The summed E-state index contributed by atoms with van der Waals surface area (Å²) in [6.07, 6.45) is 0. The third kappa shape index (κ3) is 4.01. The Kier molecular flexibility index (Phi) is 5.08. The zero-order chi connectivity index (χ0) is 14.5. The first kappa shape index (κ1) is 14.9. The van der Waals surface area contributed by atoms with E-state index in [-0.39, 0.29) is 11.7 Å². The second-order valence-electron chi connectivity index (χ2n) is 4.39. The average Bonchev–Trinajstić information content (AvgIpc) is 3.06. The Labute approximate surface area is 123 Å². The fraction of sp³-hybridized carbons (Fsp3) is 0.385. The smallest absolute Gasteiger partial charge is 0.235 e.